The summed E-state index contributed by atoms with van der Waals surface area (Å²) in [7, 11) is -3.85. The van der Waals surface area contributed by atoms with Gasteiger partial charge in [-0.1, -0.05) is 13.8 Å². The number of rotatable bonds is 6. The van der Waals surface area contributed by atoms with E-state index in [1.54, 1.807) is 0 Å². The molecule has 0 aliphatic heterocycles. The van der Waals surface area contributed by atoms with Crippen LogP contribution in [-0.4, -0.2) is 36.9 Å². The normalized spacial score (nSPS) is 13.2. The Morgan fingerprint density at radius 3 is 2.35 bits per heavy atom. The average Bonchev–Trinajstić information content (AvgIpc) is 2.35. The monoisotopic (exact) mass is 320 g/mol. The Bertz CT molecular complexity index is 560. The number of nitrogens with zero attached hydrogens (tertiary/aromatic N) is 2. The van der Waals surface area contributed by atoms with E-state index in [2.05, 4.69) is 20.0 Å². The highest BCUT2D eigenvalue weighted by molar-refractivity contribution is 7.89. The molecule has 0 fully saturated rings. The van der Waals surface area contributed by atoms with Crippen molar-refractivity contribution >= 4 is 27.5 Å². The minimum absolute atomic E-state index is 0.0494. The first kappa shape index (κ1) is 16.8. The van der Waals surface area contributed by atoms with Crippen molar-refractivity contribution < 1.29 is 13.2 Å². The first-order chi connectivity index (χ1) is 9.22. The van der Waals surface area contributed by atoms with E-state index in [1.807, 2.05) is 13.8 Å². The number of nitrogens with one attached hydrogen (secondary N) is 2. The summed E-state index contributed by atoms with van der Waals surface area (Å²) >= 11 is 5.49. The lowest BCUT2D eigenvalue weighted by molar-refractivity contribution is -0.122. The summed E-state index contributed by atoms with van der Waals surface area (Å²) in [6, 6.07) is -0.894. The third-order valence-electron chi connectivity index (χ3n) is 2.32. The maximum absolute atomic E-state index is 12.0. The van der Waals surface area contributed by atoms with Gasteiger partial charge in [0, 0.05) is 6.54 Å². The van der Waals surface area contributed by atoms with Gasteiger partial charge in [0.15, 0.2) is 0 Å². The Morgan fingerprint density at radius 1 is 1.30 bits per heavy atom. The van der Waals surface area contributed by atoms with Crippen LogP contribution in [0.3, 0.4) is 0 Å². The molecule has 1 rings (SSSR count). The lowest BCUT2D eigenvalue weighted by Gasteiger charge is -2.15. The topological polar surface area (TPSA) is 101 Å². The molecule has 0 saturated heterocycles. The predicted molar refractivity (Wildman–Crippen MR) is 74.7 cm³/mol. The number of carbonyl (C=O) groups is 1. The molecule has 0 aromatic carbocycles. The molecule has 0 spiro atoms. The SMILES string of the molecule is CC(C)CNC(=O)C(C)NS(=O)(=O)c1cnc(Cl)nc1. The Hall–Kier alpha value is -1.25. The van der Waals surface area contributed by atoms with Crippen LogP contribution in [0.1, 0.15) is 20.8 Å². The maximum Gasteiger partial charge on any atom is 0.244 e. The second kappa shape index (κ2) is 6.96. The van der Waals surface area contributed by atoms with Crippen LogP contribution in [0, 0.1) is 5.92 Å². The smallest absolute Gasteiger partial charge is 0.244 e. The number of aromatic nitrogens is 2. The number of sulfonamides is 1. The zero-order chi connectivity index (χ0) is 15.3. The van der Waals surface area contributed by atoms with Gasteiger partial charge in [-0.05, 0) is 24.4 Å². The van der Waals surface area contributed by atoms with Gasteiger partial charge in [-0.3, -0.25) is 4.79 Å². The van der Waals surface area contributed by atoms with Crippen LogP contribution in [0.2, 0.25) is 5.28 Å². The summed E-state index contributed by atoms with van der Waals surface area (Å²) in [5, 5.41) is 2.60. The second-order valence-corrected chi connectivity index (χ2v) is 6.72. The van der Waals surface area contributed by atoms with Crippen molar-refractivity contribution in [3.05, 3.63) is 17.7 Å². The largest absolute Gasteiger partial charge is 0.354 e. The molecule has 20 heavy (non-hydrogen) atoms. The molecule has 0 bridgehead atoms. The Labute approximate surface area is 123 Å². The molecule has 112 valence electrons. The minimum Gasteiger partial charge on any atom is -0.354 e. The van der Waals surface area contributed by atoms with Crippen molar-refractivity contribution in [2.75, 3.05) is 6.54 Å². The van der Waals surface area contributed by atoms with Crippen LogP contribution in [0.5, 0.6) is 0 Å². The van der Waals surface area contributed by atoms with Crippen LogP contribution in [0.4, 0.5) is 0 Å². The van der Waals surface area contributed by atoms with Crippen molar-refractivity contribution in [2.45, 2.75) is 31.7 Å². The van der Waals surface area contributed by atoms with Crippen molar-refractivity contribution in [3.63, 3.8) is 0 Å². The molecule has 0 saturated carbocycles. The fourth-order valence-corrected chi connectivity index (χ4v) is 2.44. The standard InChI is InChI=1S/C11H17ClN4O3S/c1-7(2)4-13-10(17)8(3)16-20(18,19)9-5-14-11(12)15-6-9/h5-8,16H,4H2,1-3H3,(H,13,17). The molecular formula is C11H17ClN4O3S. The lowest BCUT2D eigenvalue weighted by Crippen LogP contribution is -2.45. The Balaban J connectivity index is 2.70. The number of carbonyl (C=O) groups excluding carboxylic acids is 1. The summed E-state index contributed by atoms with van der Waals surface area (Å²) in [5.41, 5.74) is 0. The van der Waals surface area contributed by atoms with Crippen LogP contribution in [-0.2, 0) is 14.8 Å². The van der Waals surface area contributed by atoms with Gasteiger partial charge in [-0.15, -0.1) is 0 Å². The Morgan fingerprint density at radius 2 is 1.85 bits per heavy atom. The molecular weight excluding hydrogens is 304 g/mol. The molecule has 0 aliphatic rings. The molecule has 0 aliphatic carbocycles. The number of amides is 1. The number of hydrogen-bond acceptors (Lipinski definition) is 5. The van der Waals surface area contributed by atoms with E-state index in [4.69, 9.17) is 11.6 Å². The first-order valence-electron chi connectivity index (χ1n) is 6.00. The fraction of sp³-hybridized carbons (Fsp3) is 0.545. The van der Waals surface area contributed by atoms with E-state index < -0.39 is 22.0 Å². The highest BCUT2D eigenvalue weighted by atomic mass is 35.5. The van der Waals surface area contributed by atoms with Gasteiger partial charge in [-0.25, -0.2) is 18.4 Å². The molecule has 7 nitrogen and oxygen atoms in total. The van der Waals surface area contributed by atoms with Crippen LogP contribution in [0.15, 0.2) is 17.3 Å². The number of hydrogen-bond donors (Lipinski definition) is 2. The highest BCUT2D eigenvalue weighted by Crippen LogP contribution is 2.08. The van der Waals surface area contributed by atoms with E-state index in [9.17, 15) is 13.2 Å². The average molecular weight is 321 g/mol. The summed E-state index contributed by atoms with van der Waals surface area (Å²) in [6.45, 7) is 5.83. The van der Waals surface area contributed by atoms with Gasteiger partial charge >= 0.3 is 0 Å². The summed E-state index contributed by atoms with van der Waals surface area (Å²) in [4.78, 5) is 18.8. The van der Waals surface area contributed by atoms with Crippen molar-refractivity contribution in [1.82, 2.24) is 20.0 Å². The zero-order valence-electron chi connectivity index (χ0n) is 11.4. The van der Waals surface area contributed by atoms with Gasteiger partial charge < -0.3 is 5.32 Å². The Kier molecular flexibility index (Phi) is 5.85. The van der Waals surface area contributed by atoms with Gasteiger partial charge in [0.05, 0.1) is 18.4 Å². The van der Waals surface area contributed by atoms with Crippen LogP contribution in [0.25, 0.3) is 0 Å². The summed E-state index contributed by atoms with van der Waals surface area (Å²) in [5.74, 6) is -0.107. The van der Waals surface area contributed by atoms with Crippen molar-refractivity contribution in [3.8, 4) is 0 Å². The molecule has 1 unspecified atom stereocenters. The first-order valence-corrected chi connectivity index (χ1v) is 7.86. The number of halogens is 1. The quantitative estimate of drug-likeness (QED) is 0.746. The molecule has 0 radical (unpaired) electrons. The van der Waals surface area contributed by atoms with E-state index in [1.165, 1.54) is 6.92 Å². The third kappa shape index (κ3) is 5.03. The highest BCUT2D eigenvalue weighted by Gasteiger charge is 2.22. The molecule has 1 atom stereocenters. The predicted octanol–water partition coefficient (Wildman–Crippen LogP) is 0.569. The van der Waals surface area contributed by atoms with Gasteiger partial charge in [0.2, 0.25) is 21.2 Å². The van der Waals surface area contributed by atoms with Crippen LogP contribution < -0.4 is 10.0 Å². The van der Waals surface area contributed by atoms with Crippen LogP contribution >= 0.6 is 11.6 Å². The second-order valence-electron chi connectivity index (χ2n) is 4.67. The fourth-order valence-electron chi connectivity index (χ4n) is 1.25. The molecule has 1 heterocycles. The van der Waals surface area contributed by atoms with Gasteiger partial charge in [0.25, 0.3) is 0 Å². The molecule has 1 aromatic heterocycles. The minimum atomic E-state index is -3.85. The molecule has 1 aromatic rings. The van der Waals surface area contributed by atoms with Crippen molar-refractivity contribution in [1.29, 1.82) is 0 Å². The van der Waals surface area contributed by atoms with E-state index in [0.717, 1.165) is 12.4 Å². The van der Waals surface area contributed by atoms with Crippen molar-refractivity contribution in [2.24, 2.45) is 5.92 Å². The van der Waals surface area contributed by atoms with Gasteiger partial charge in [0.1, 0.15) is 4.90 Å². The molecule has 2 N–H and O–H groups in total. The van der Waals surface area contributed by atoms with Gasteiger partial charge in [-0.2, -0.15) is 4.72 Å². The maximum atomic E-state index is 12.0. The summed E-state index contributed by atoms with van der Waals surface area (Å²) in [6.07, 6.45) is 2.16. The zero-order valence-corrected chi connectivity index (χ0v) is 13.0. The van der Waals surface area contributed by atoms with E-state index >= 15 is 0 Å². The molecule has 1 amide bonds. The third-order valence-corrected chi connectivity index (χ3v) is 4.01. The molecule has 9 heteroatoms. The lowest BCUT2D eigenvalue weighted by atomic mass is 10.2. The van der Waals surface area contributed by atoms with E-state index in [0.29, 0.717) is 6.54 Å². The van der Waals surface area contributed by atoms with E-state index in [-0.39, 0.29) is 16.1 Å². The summed E-state index contributed by atoms with van der Waals surface area (Å²) < 4.78 is 26.2.